The van der Waals surface area contributed by atoms with Crippen LogP contribution in [0.1, 0.15) is 33.6 Å². The van der Waals surface area contributed by atoms with E-state index in [1.54, 1.807) is 6.92 Å². The normalized spacial score (nSPS) is 12.8. The minimum absolute atomic E-state index is 0.0573. The van der Waals surface area contributed by atoms with Crippen LogP contribution in [0, 0.1) is 0 Å². The van der Waals surface area contributed by atoms with Gasteiger partial charge in [0.2, 0.25) is 0 Å². The molecular weight excluding hydrogens is 190 g/mol. The number of hydrogen-bond acceptors (Lipinski definition) is 2. The fourth-order valence-electron chi connectivity index (χ4n) is 1.03. The van der Waals surface area contributed by atoms with Gasteiger partial charge in [0.05, 0.1) is 6.61 Å². The molecule has 4 heteroatoms. The first-order valence-corrected chi connectivity index (χ1v) is 4.67. The van der Waals surface area contributed by atoms with Gasteiger partial charge in [-0.25, -0.2) is 13.6 Å². The third-order valence-electron chi connectivity index (χ3n) is 1.48. The first-order chi connectivity index (χ1) is 6.40. The van der Waals surface area contributed by atoms with E-state index >= 15 is 0 Å². The minimum Gasteiger partial charge on any atom is -0.463 e. The van der Waals surface area contributed by atoms with Crippen LogP contribution in [0.4, 0.5) is 8.78 Å². The van der Waals surface area contributed by atoms with Gasteiger partial charge in [-0.1, -0.05) is 13.3 Å². The molecular formula is C10H16F2O2. The Labute approximate surface area is 82.9 Å². The molecule has 0 saturated carbocycles. The fraction of sp³-hybridized carbons (Fsp3) is 0.700. The van der Waals surface area contributed by atoms with Crippen LogP contribution in [0.15, 0.2) is 11.6 Å². The molecule has 0 bridgehead atoms. The highest BCUT2D eigenvalue weighted by molar-refractivity contribution is 5.88. The molecule has 0 aromatic rings. The summed E-state index contributed by atoms with van der Waals surface area (Å²) >= 11 is 0. The number of carbonyl (C=O) groups is 1. The molecule has 0 aliphatic rings. The maximum atomic E-state index is 12.6. The molecule has 0 aromatic heterocycles. The summed E-state index contributed by atoms with van der Waals surface area (Å²) in [6, 6.07) is 0. The average molecular weight is 206 g/mol. The van der Waals surface area contributed by atoms with E-state index in [0.29, 0.717) is 18.9 Å². The van der Waals surface area contributed by atoms with Crippen LogP contribution in [0.3, 0.4) is 0 Å². The standard InChI is InChI=1S/C10H16F2O2/c1-4-6-8(7-10(3,11)12)9(13)14-5-2/h7H,4-6H2,1-3H3/b8-7+. The molecule has 0 saturated heterocycles. The van der Waals surface area contributed by atoms with E-state index in [0.717, 1.165) is 6.92 Å². The Morgan fingerprint density at radius 1 is 1.43 bits per heavy atom. The largest absolute Gasteiger partial charge is 0.463 e. The Morgan fingerprint density at radius 2 is 2.00 bits per heavy atom. The number of ether oxygens (including phenoxy) is 1. The Bertz CT molecular complexity index is 217. The predicted octanol–water partition coefficient (Wildman–Crippen LogP) is 2.93. The highest BCUT2D eigenvalue weighted by atomic mass is 19.3. The first-order valence-electron chi connectivity index (χ1n) is 4.67. The second-order valence-electron chi connectivity index (χ2n) is 3.10. The van der Waals surface area contributed by atoms with Crippen LogP contribution >= 0.6 is 0 Å². The van der Waals surface area contributed by atoms with E-state index in [9.17, 15) is 13.6 Å². The summed E-state index contributed by atoms with van der Waals surface area (Å²) in [5, 5.41) is 0. The van der Waals surface area contributed by atoms with E-state index < -0.39 is 11.9 Å². The second-order valence-corrected chi connectivity index (χ2v) is 3.10. The van der Waals surface area contributed by atoms with Gasteiger partial charge in [0.1, 0.15) is 0 Å². The number of esters is 1. The van der Waals surface area contributed by atoms with Crippen LogP contribution in [0.2, 0.25) is 0 Å². The molecule has 82 valence electrons. The third-order valence-corrected chi connectivity index (χ3v) is 1.48. The summed E-state index contributed by atoms with van der Waals surface area (Å²) in [6.07, 6.45) is 1.64. The van der Waals surface area contributed by atoms with Crippen molar-refractivity contribution in [2.45, 2.75) is 39.5 Å². The molecule has 0 aliphatic heterocycles. The van der Waals surface area contributed by atoms with Crippen molar-refractivity contribution in [1.82, 2.24) is 0 Å². The second kappa shape index (κ2) is 5.73. The van der Waals surface area contributed by atoms with E-state index in [1.165, 1.54) is 0 Å². The lowest BCUT2D eigenvalue weighted by Crippen LogP contribution is -2.13. The zero-order valence-corrected chi connectivity index (χ0v) is 8.77. The van der Waals surface area contributed by atoms with Gasteiger partial charge in [-0.05, 0) is 19.4 Å². The molecule has 0 N–H and O–H groups in total. The molecule has 0 amide bonds. The van der Waals surface area contributed by atoms with E-state index in [2.05, 4.69) is 4.74 Å². The lowest BCUT2D eigenvalue weighted by molar-refractivity contribution is -0.138. The number of halogens is 2. The molecule has 0 fully saturated rings. The SMILES string of the molecule is CCC/C(=C\C(C)(F)F)C(=O)OCC. The Balaban J connectivity index is 4.58. The predicted molar refractivity (Wildman–Crippen MR) is 50.2 cm³/mol. The summed E-state index contributed by atoms with van der Waals surface area (Å²) in [7, 11) is 0. The quantitative estimate of drug-likeness (QED) is 0.510. The van der Waals surface area contributed by atoms with Crippen LogP contribution in [0.25, 0.3) is 0 Å². The van der Waals surface area contributed by atoms with Crippen LogP contribution in [-0.4, -0.2) is 18.5 Å². The Morgan fingerprint density at radius 3 is 2.36 bits per heavy atom. The first kappa shape index (κ1) is 13.1. The maximum absolute atomic E-state index is 12.6. The molecule has 0 aliphatic carbocycles. The van der Waals surface area contributed by atoms with Crippen molar-refractivity contribution in [3.05, 3.63) is 11.6 Å². The average Bonchev–Trinajstić information content (AvgIpc) is 2.01. The molecule has 0 atom stereocenters. The van der Waals surface area contributed by atoms with E-state index in [-0.39, 0.29) is 12.2 Å². The van der Waals surface area contributed by atoms with Crippen LogP contribution < -0.4 is 0 Å². The number of rotatable bonds is 5. The van der Waals surface area contributed by atoms with Crippen LogP contribution in [0.5, 0.6) is 0 Å². The molecule has 0 heterocycles. The van der Waals surface area contributed by atoms with Gasteiger partial charge in [-0.2, -0.15) is 0 Å². The molecule has 0 aromatic carbocycles. The van der Waals surface area contributed by atoms with Crippen molar-refractivity contribution in [2.24, 2.45) is 0 Å². The summed E-state index contributed by atoms with van der Waals surface area (Å²) in [4.78, 5) is 11.2. The van der Waals surface area contributed by atoms with Gasteiger partial charge in [0.25, 0.3) is 5.92 Å². The monoisotopic (exact) mass is 206 g/mol. The van der Waals surface area contributed by atoms with Gasteiger partial charge in [0, 0.05) is 12.5 Å². The van der Waals surface area contributed by atoms with Crippen molar-refractivity contribution in [3.8, 4) is 0 Å². The smallest absolute Gasteiger partial charge is 0.333 e. The van der Waals surface area contributed by atoms with Crippen molar-refractivity contribution in [3.63, 3.8) is 0 Å². The highest BCUT2D eigenvalue weighted by Crippen LogP contribution is 2.19. The fourth-order valence-corrected chi connectivity index (χ4v) is 1.03. The molecule has 0 spiro atoms. The Hall–Kier alpha value is -0.930. The summed E-state index contributed by atoms with van der Waals surface area (Å²) in [5.41, 5.74) is 0.0573. The molecule has 0 radical (unpaired) electrons. The van der Waals surface area contributed by atoms with Gasteiger partial charge >= 0.3 is 5.97 Å². The number of hydrogen-bond donors (Lipinski definition) is 0. The third kappa shape index (κ3) is 5.67. The highest BCUT2D eigenvalue weighted by Gasteiger charge is 2.21. The van der Waals surface area contributed by atoms with Crippen molar-refractivity contribution < 1.29 is 18.3 Å². The zero-order chi connectivity index (χ0) is 11.2. The molecule has 14 heavy (non-hydrogen) atoms. The molecule has 0 rings (SSSR count). The summed E-state index contributed by atoms with van der Waals surface area (Å²) < 4.78 is 29.9. The minimum atomic E-state index is -2.96. The van der Waals surface area contributed by atoms with Gasteiger partial charge in [0.15, 0.2) is 0 Å². The summed E-state index contributed by atoms with van der Waals surface area (Å²) in [5.74, 6) is -3.60. The lowest BCUT2D eigenvalue weighted by atomic mass is 10.1. The number of alkyl halides is 2. The molecule has 2 nitrogen and oxygen atoms in total. The topological polar surface area (TPSA) is 26.3 Å². The molecule has 0 unspecified atom stereocenters. The lowest BCUT2D eigenvalue weighted by Gasteiger charge is -2.09. The Kier molecular flexibility index (Phi) is 5.35. The number of carbonyl (C=O) groups excluding carboxylic acids is 1. The van der Waals surface area contributed by atoms with Crippen LogP contribution in [-0.2, 0) is 9.53 Å². The van der Waals surface area contributed by atoms with Crippen molar-refractivity contribution >= 4 is 5.97 Å². The van der Waals surface area contributed by atoms with E-state index in [1.807, 2.05) is 6.92 Å². The summed E-state index contributed by atoms with van der Waals surface area (Å²) in [6.45, 7) is 4.42. The van der Waals surface area contributed by atoms with Gasteiger partial charge in [-0.15, -0.1) is 0 Å². The van der Waals surface area contributed by atoms with E-state index in [4.69, 9.17) is 0 Å². The number of allylic oxidation sites excluding steroid dienone is 1. The van der Waals surface area contributed by atoms with Crippen molar-refractivity contribution in [1.29, 1.82) is 0 Å². The van der Waals surface area contributed by atoms with Gasteiger partial charge in [-0.3, -0.25) is 0 Å². The zero-order valence-electron chi connectivity index (χ0n) is 8.77. The maximum Gasteiger partial charge on any atom is 0.333 e. The van der Waals surface area contributed by atoms with Gasteiger partial charge < -0.3 is 4.74 Å². The van der Waals surface area contributed by atoms with Crippen molar-refractivity contribution in [2.75, 3.05) is 6.61 Å².